The Morgan fingerprint density at radius 2 is 1.89 bits per heavy atom. The number of aromatic nitrogens is 2. The van der Waals surface area contributed by atoms with Gasteiger partial charge in [0.2, 0.25) is 0 Å². The van der Waals surface area contributed by atoms with E-state index in [1.807, 2.05) is 0 Å². The van der Waals surface area contributed by atoms with Crippen molar-refractivity contribution >= 4 is 38.8 Å². The van der Waals surface area contributed by atoms with Crippen molar-refractivity contribution in [1.29, 1.82) is 0 Å². The second kappa shape index (κ2) is 10.2. The molecule has 1 amide bonds. The van der Waals surface area contributed by atoms with Gasteiger partial charge in [0.1, 0.15) is 15.5 Å². The topological polar surface area (TPSA) is 84.3 Å². The number of halogens is 5. The third-order valence-electron chi connectivity index (χ3n) is 6.17. The highest BCUT2D eigenvalue weighted by atomic mass is 35.5. The molecule has 0 aliphatic heterocycles. The molecule has 0 saturated heterocycles. The summed E-state index contributed by atoms with van der Waals surface area (Å²) in [6.45, 7) is 1.99. The van der Waals surface area contributed by atoms with E-state index >= 15 is 4.39 Å². The second-order valence-electron chi connectivity index (χ2n) is 8.81. The number of carbonyl (C=O) groups excluding carboxylic acids is 1. The van der Waals surface area contributed by atoms with E-state index < -0.39 is 44.5 Å². The van der Waals surface area contributed by atoms with Crippen LogP contribution < -0.4 is 5.32 Å². The molecule has 1 saturated carbocycles. The number of hydrogen-bond donors (Lipinski definition) is 1. The van der Waals surface area contributed by atoms with Crippen LogP contribution in [-0.2, 0) is 15.7 Å². The van der Waals surface area contributed by atoms with Crippen LogP contribution in [0.25, 0.3) is 0 Å². The highest BCUT2D eigenvalue weighted by Crippen LogP contribution is 2.43. The SMILES string of the molecule is CN=S(=O)(c1cccc(C2CC2)c1F)c1nnc(Cl)c(C)c1C(=O)NCC(F)(F)c1ccc(C)cc1Cl. The molecule has 1 N–H and O–H groups in total. The number of carbonyl (C=O) groups is 1. The minimum atomic E-state index is -3.83. The molecule has 0 bridgehead atoms. The van der Waals surface area contributed by atoms with Gasteiger partial charge in [-0.3, -0.25) is 4.79 Å². The minimum Gasteiger partial charge on any atom is -0.346 e. The molecule has 1 aliphatic carbocycles. The fraction of sp³-hybridized carbons (Fsp3) is 0.320. The molecular weight excluding hydrogens is 548 g/mol. The van der Waals surface area contributed by atoms with E-state index in [1.165, 1.54) is 38.2 Å². The molecule has 0 spiro atoms. The first kappa shape index (κ1) is 27.3. The lowest BCUT2D eigenvalue weighted by atomic mass is 10.1. The van der Waals surface area contributed by atoms with Gasteiger partial charge < -0.3 is 5.32 Å². The Hall–Kier alpha value is -2.69. The largest absolute Gasteiger partial charge is 0.346 e. The van der Waals surface area contributed by atoms with E-state index in [4.69, 9.17) is 23.2 Å². The van der Waals surface area contributed by atoms with E-state index in [0.29, 0.717) is 11.1 Å². The predicted octanol–water partition coefficient (Wildman–Crippen LogP) is 6.45. The van der Waals surface area contributed by atoms with Crippen molar-refractivity contribution in [2.24, 2.45) is 4.36 Å². The van der Waals surface area contributed by atoms with Gasteiger partial charge in [-0.15, -0.1) is 10.2 Å². The summed E-state index contributed by atoms with van der Waals surface area (Å²) in [5, 5.41) is 8.94. The maximum Gasteiger partial charge on any atom is 0.291 e. The predicted molar refractivity (Wildman–Crippen MR) is 136 cm³/mol. The van der Waals surface area contributed by atoms with E-state index in [9.17, 15) is 17.8 Å². The van der Waals surface area contributed by atoms with Crippen molar-refractivity contribution in [1.82, 2.24) is 15.5 Å². The molecule has 1 unspecified atom stereocenters. The van der Waals surface area contributed by atoms with Crippen molar-refractivity contribution in [2.75, 3.05) is 13.6 Å². The van der Waals surface area contributed by atoms with Crippen molar-refractivity contribution in [3.8, 4) is 0 Å². The molecule has 1 fully saturated rings. The number of amides is 1. The number of benzene rings is 2. The van der Waals surface area contributed by atoms with Crippen LogP contribution in [0.4, 0.5) is 13.2 Å². The van der Waals surface area contributed by atoms with Crippen LogP contribution in [0.5, 0.6) is 0 Å². The van der Waals surface area contributed by atoms with Gasteiger partial charge in [-0.1, -0.05) is 47.5 Å². The van der Waals surface area contributed by atoms with Gasteiger partial charge in [0.25, 0.3) is 11.8 Å². The van der Waals surface area contributed by atoms with Gasteiger partial charge in [-0.2, -0.15) is 8.78 Å². The van der Waals surface area contributed by atoms with Crippen LogP contribution in [-0.4, -0.2) is 33.9 Å². The zero-order valence-corrected chi connectivity index (χ0v) is 22.4. The molecule has 0 radical (unpaired) electrons. The summed E-state index contributed by atoms with van der Waals surface area (Å²) < 4.78 is 63.5. The summed E-state index contributed by atoms with van der Waals surface area (Å²) in [5.41, 5.74) is 0.304. The molecule has 3 aromatic rings. The Labute approximate surface area is 222 Å². The van der Waals surface area contributed by atoms with E-state index in [0.717, 1.165) is 12.8 Å². The lowest BCUT2D eigenvalue weighted by Gasteiger charge is -2.20. The molecule has 1 aromatic heterocycles. The number of alkyl halides is 2. The number of aryl methyl sites for hydroxylation is 1. The van der Waals surface area contributed by atoms with Crippen LogP contribution in [0.2, 0.25) is 10.2 Å². The lowest BCUT2D eigenvalue weighted by Crippen LogP contribution is -2.36. The van der Waals surface area contributed by atoms with Crippen LogP contribution in [0, 0.1) is 19.7 Å². The van der Waals surface area contributed by atoms with Crippen molar-refractivity contribution < 1.29 is 22.2 Å². The van der Waals surface area contributed by atoms with E-state index in [1.54, 1.807) is 19.1 Å². The summed E-state index contributed by atoms with van der Waals surface area (Å²) in [4.78, 5) is 13.0. The highest BCUT2D eigenvalue weighted by molar-refractivity contribution is 7.93. The van der Waals surface area contributed by atoms with Crippen molar-refractivity contribution in [3.63, 3.8) is 0 Å². The lowest BCUT2D eigenvalue weighted by molar-refractivity contribution is -0.00242. The van der Waals surface area contributed by atoms with Gasteiger partial charge in [0, 0.05) is 18.2 Å². The Balaban J connectivity index is 1.75. The summed E-state index contributed by atoms with van der Waals surface area (Å²) in [7, 11) is -2.63. The van der Waals surface area contributed by atoms with Crippen LogP contribution >= 0.6 is 23.2 Å². The third-order valence-corrected chi connectivity index (χ3v) is 9.08. The van der Waals surface area contributed by atoms with Gasteiger partial charge in [0.15, 0.2) is 10.2 Å². The highest BCUT2D eigenvalue weighted by Gasteiger charge is 2.37. The fourth-order valence-electron chi connectivity index (χ4n) is 3.97. The molecule has 1 heterocycles. The monoisotopic (exact) mass is 570 g/mol. The van der Waals surface area contributed by atoms with Gasteiger partial charge in [-0.05, 0) is 55.9 Å². The standard InChI is InChI=1S/C25H23Cl2F3N4O2S/c1-13-7-10-17(18(26)11-13)25(29,30)12-32-23(35)20-14(2)22(27)33-34-24(20)37(36,31-3)19-6-4-5-16(21(19)28)15-8-9-15/h4-7,10-11,15H,8-9,12H2,1-3H3,(H,32,35). The average Bonchev–Trinajstić information content (AvgIpc) is 3.69. The molecule has 6 nitrogen and oxygen atoms in total. The Morgan fingerprint density at radius 1 is 1.19 bits per heavy atom. The fourth-order valence-corrected chi connectivity index (χ4v) is 6.35. The number of hydrogen-bond acceptors (Lipinski definition) is 5. The zero-order chi connectivity index (χ0) is 27.1. The maximum atomic E-state index is 15.5. The molecule has 2 aromatic carbocycles. The molecule has 37 heavy (non-hydrogen) atoms. The first-order valence-electron chi connectivity index (χ1n) is 11.3. The quantitative estimate of drug-likeness (QED) is 0.353. The zero-order valence-electron chi connectivity index (χ0n) is 20.1. The van der Waals surface area contributed by atoms with E-state index in [2.05, 4.69) is 19.9 Å². The van der Waals surface area contributed by atoms with Gasteiger partial charge >= 0.3 is 0 Å². The molecule has 12 heteroatoms. The molecule has 4 rings (SSSR count). The minimum absolute atomic E-state index is 0.0112. The van der Waals surface area contributed by atoms with Crippen molar-refractivity contribution in [2.45, 2.75) is 48.5 Å². The Kier molecular flexibility index (Phi) is 7.56. The van der Waals surface area contributed by atoms with Crippen LogP contribution in [0.15, 0.2) is 50.7 Å². The maximum absolute atomic E-state index is 15.5. The molecular formula is C25H23Cl2F3N4O2S. The smallest absolute Gasteiger partial charge is 0.291 e. The van der Waals surface area contributed by atoms with Gasteiger partial charge in [-0.25, -0.2) is 13.0 Å². The normalized spacial score (nSPS) is 15.2. The average molecular weight is 571 g/mol. The van der Waals surface area contributed by atoms with Crippen LogP contribution in [0.1, 0.15) is 51.4 Å². The van der Waals surface area contributed by atoms with Crippen molar-refractivity contribution in [3.05, 3.63) is 80.2 Å². The summed E-state index contributed by atoms with van der Waals surface area (Å²) in [5.74, 6) is -5.26. The number of nitrogens with one attached hydrogen (secondary N) is 1. The first-order valence-corrected chi connectivity index (χ1v) is 13.6. The molecule has 196 valence electrons. The summed E-state index contributed by atoms with van der Waals surface area (Å²) in [6.07, 6.45) is 1.61. The molecule has 1 aliphatic rings. The number of rotatable bonds is 7. The number of nitrogens with zero attached hydrogens (tertiary/aromatic N) is 3. The second-order valence-corrected chi connectivity index (χ2v) is 11.8. The summed E-state index contributed by atoms with van der Waals surface area (Å²) in [6, 6.07) is 8.52. The van der Waals surface area contributed by atoms with Gasteiger partial charge in [0.05, 0.1) is 22.0 Å². The van der Waals surface area contributed by atoms with E-state index in [-0.39, 0.29) is 32.1 Å². The Morgan fingerprint density at radius 3 is 2.51 bits per heavy atom. The molecule has 1 atom stereocenters. The first-order chi connectivity index (χ1) is 17.4. The third kappa shape index (κ3) is 5.19. The summed E-state index contributed by atoms with van der Waals surface area (Å²) >= 11 is 12.1. The Bertz CT molecular complexity index is 1520. The van der Waals surface area contributed by atoms with Crippen LogP contribution in [0.3, 0.4) is 0 Å².